The van der Waals surface area contributed by atoms with Gasteiger partial charge in [0, 0.05) is 24.8 Å². The zero-order valence-electron chi connectivity index (χ0n) is 11.9. The van der Waals surface area contributed by atoms with E-state index in [4.69, 9.17) is 10.5 Å². The van der Waals surface area contributed by atoms with Crippen LogP contribution in [0.5, 0.6) is 5.75 Å². The fraction of sp³-hybridized carbons (Fsp3) is 0.600. The molecule has 1 rings (SSSR count). The Balaban J connectivity index is 2.94. The van der Waals surface area contributed by atoms with Gasteiger partial charge in [-0.2, -0.15) is 0 Å². The Kier molecular flexibility index (Phi) is 6.58. The fourth-order valence-corrected chi connectivity index (χ4v) is 2.12. The molecule has 0 aliphatic carbocycles. The third-order valence-electron chi connectivity index (χ3n) is 3.13. The van der Waals surface area contributed by atoms with Gasteiger partial charge in [-0.05, 0) is 51.8 Å². The van der Waals surface area contributed by atoms with Crippen LogP contribution in [-0.4, -0.2) is 26.2 Å². The number of anilines is 1. The normalized spacial score (nSPS) is 10.4. The SMILES string of the molecule is CCOc1cc(N(CC)CC)ccc1CCCN. The number of ether oxygens (including phenoxy) is 1. The largest absolute Gasteiger partial charge is 0.494 e. The molecule has 102 valence electrons. The summed E-state index contributed by atoms with van der Waals surface area (Å²) in [6.07, 6.45) is 2.00. The average molecular weight is 250 g/mol. The molecule has 3 heteroatoms. The summed E-state index contributed by atoms with van der Waals surface area (Å²) < 4.78 is 5.75. The van der Waals surface area contributed by atoms with Crippen LogP contribution in [0.1, 0.15) is 32.8 Å². The van der Waals surface area contributed by atoms with Crippen LogP contribution in [-0.2, 0) is 6.42 Å². The van der Waals surface area contributed by atoms with Crippen molar-refractivity contribution in [2.75, 3.05) is 31.1 Å². The molecule has 1 aromatic rings. The molecule has 0 radical (unpaired) electrons. The quantitative estimate of drug-likeness (QED) is 0.771. The maximum Gasteiger partial charge on any atom is 0.124 e. The summed E-state index contributed by atoms with van der Waals surface area (Å²) in [7, 11) is 0. The van der Waals surface area contributed by atoms with Crippen molar-refractivity contribution in [3.63, 3.8) is 0 Å². The van der Waals surface area contributed by atoms with Gasteiger partial charge < -0.3 is 15.4 Å². The molecule has 3 nitrogen and oxygen atoms in total. The van der Waals surface area contributed by atoms with Crippen LogP contribution in [0.4, 0.5) is 5.69 Å². The van der Waals surface area contributed by atoms with E-state index < -0.39 is 0 Å². The van der Waals surface area contributed by atoms with Gasteiger partial charge in [-0.15, -0.1) is 0 Å². The van der Waals surface area contributed by atoms with Gasteiger partial charge in [0.15, 0.2) is 0 Å². The van der Waals surface area contributed by atoms with Crippen LogP contribution in [0.2, 0.25) is 0 Å². The van der Waals surface area contributed by atoms with E-state index in [1.807, 2.05) is 6.92 Å². The molecular weight excluding hydrogens is 224 g/mol. The lowest BCUT2D eigenvalue weighted by atomic mass is 10.1. The monoisotopic (exact) mass is 250 g/mol. The highest BCUT2D eigenvalue weighted by molar-refractivity contribution is 5.53. The Bertz CT molecular complexity index is 348. The van der Waals surface area contributed by atoms with Crippen molar-refractivity contribution >= 4 is 5.69 Å². The molecule has 0 aliphatic rings. The first kappa shape index (κ1) is 14.8. The Morgan fingerprint density at radius 2 is 1.89 bits per heavy atom. The number of aryl methyl sites for hydroxylation is 1. The van der Waals surface area contributed by atoms with E-state index in [-0.39, 0.29) is 0 Å². The molecule has 18 heavy (non-hydrogen) atoms. The Labute approximate surface area is 111 Å². The van der Waals surface area contributed by atoms with Crippen LogP contribution in [0, 0.1) is 0 Å². The van der Waals surface area contributed by atoms with Crippen molar-refractivity contribution < 1.29 is 4.74 Å². The van der Waals surface area contributed by atoms with Crippen LogP contribution in [0.25, 0.3) is 0 Å². The first-order valence-corrected chi connectivity index (χ1v) is 6.97. The fourth-order valence-electron chi connectivity index (χ4n) is 2.12. The van der Waals surface area contributed by atoms with Crippen LogP contribution < -0.4 is 15.4 Å². The lowest BCUT2D eigenvalue weighted by molar-refractivity contribution is 0.336. The number of benzene rings is 1. The second-order valence-corrected chi connectivity index (χ2v) is 4.29. The van der Waals surface area contributed by atoms with Crippen molar-refractivity contribution in [3.05, 3.63) is 23.8 Å². The number of hydrogen-bond donors (Lipinski definition) is 1. The molecule has 0 fully saturated rings. The first-order valence-electron chi connectivity index (χ1n) is 6.97. The van der Waals surface area contributed by atoms with Gasteiger partial charge in [0.25, 0.3) is 0 Å². The molecule has 0 amide bonds. The summed E-state index contributed by atoms with van der Waals surface area (Å²) in [5, 5.41) is 0. The second-order valence-electron chi connectivity index (χ2n) is 4.29. The lowest BCUT2D eigenvalue weighted by Gasteiger charge is -2.22. The van der Waals surface area contributed by atoms with Crippen molar-refractivity contribution in [1.82, 2.24) is 0 Å². The molecule has 0 bridgehead atoms. The predicted octanol–water partition coefficient (Wildman–Crippen LogP) is 2.82. The maximum absolute atomic E-state index is 5.75. The van der Waals surface area contributed by atoms with Crippen molar-refractivity contribution in [3.8, 4) is 5.75 Å². The third kappa shape index (κ3) is 3.91. The smallest absolute Gasteiger partial charge is 0.124 e. The Hall–Kier alpha value is -1.22. The molecule has 0 aromatic heterocycles. The highest BCUT2D eigenvalue weighted by Gasteiger charge is 2.08. The van der Waals surface area contributed by atoms with E-state index in [0.29, 0.717) is 6.61 Å². The molecule has 0 aliphatic heterocycles. The summed E-state index contributed by atoms with van der Waals surface area (Å²) in [6, 6.07) is 6.51. The Morgan fingerprint density at radius 3 is 2.44 bits per heavy atom. The highest BCUT2D eigenvalue weighted by atomic mass is 16.5. The summed E-state index contributed by atoms with van der Waals surface area (Å²) in [6.45, 7) is 9.84. The van der Waals surface area contributed by atoms with E-state index in [1.54, 1.807) is 0 Å². The van der Waals surface area contributed by atoms with Crippen molar-refractivity contribution in [2.45, 2.75) is 33.6 Å². The summed E-state index contributed by atoms with van der Waals surface area (Å²) in [4.78, 5) is 2.33. The van der Waals surface area contributed by atoms with E-state index >= 15 is 0 Å². The third-order valence-corrected chi connectivity index (χ3v) is 3.13. The molecule has 0 spiro atoms. The molecule has 0 atom stereocenters. The molecule has 0 saturated heterocycles. The number of rotatable bonds is 8. The number of nitrogens with zero attached hydrogens (tertiary/aromatic N) is 1. The molecule has 0 unspecified atom stereocenters. The minimum absolute atomic E-state index is 0.706. The van der Waals surface area contributed by atoms with Gasteiger partial charge >= 0.3 is 0 Å². The van der Waals surface area contributed by atoms with E-state index in [2.05, 4.69) is 36.9 Å². The molecule has 0 saturated carbocycles. The molecule has 1 aromatic carbocycles. The van der Waals surface area contributed by atoms with Crippen molar-refractivity contribution in [2.24, 2.45) is 5.73 Å². The molecular formula is C15H26N2O. The van der Waals surface area contributed by atoms with Gasteiger partial charge in [-0.3, -0.25) is 0 Å². The van der Waals surface area contributed by atoms with Gasteiger partial charge in [0.2, 0.25) is 0 Å². The average Bonchev–Trinajstić information content (AvgIpc) is 2.39. The van der Waals surface area contributed by atoms with E-state index in [9.17, 15) is 0 Å². The van der Waals surface area contributed by atoms with Crippen LogP contribution in [0.15, 0.2) is 18.2 Å². The van der Waals surface area contributed by atoms with Gasteiger partial charge in [0.05, 0.1) is 6.61 Å². The second kappa shape index (κ2) is 7.98. The van der Waals surface area contributed by atoms with Crippen LogP contribution in [0.3, 0.4) is 0 Å². The minimum Gasteiger partial charge on any atom is -0.494 e. The number of nitrogens with two attached hydrogens (primary N) is 1. The molecule has 0 heterocycles. The standard InChI is InChI=1S/C15H26N2O/c1-4-17(5-2)14-10-9-13(8-7-11-16)15(12-14)18-6-3/h9-10,12H,4-8,11,16H2,1-3H3. The van der Waals surface area contributed by atoms with Crippen LogP contribution >= 0.6 is 0 Å². The zero-order valence-corrected chi connectivity index (χ0v) is 11.9. The van der Waals surface area contributed by atoms with Gasteiger partial charge in [0.1, 0.15) is 5.75 Å². The predicted molar refractivity (Wildman–Crippen MR) is 78.5 cm³/mol. The highest BCUT2D eigenvalue weighted by Crippen LogP contribution is 2.27. The lowest BCUT2D eigenvalue weighted by Crippen LogP contribution is -2.21. The zero-order chi connectivity index (χ0) is 13.4. The van der Waals surface area contributed by atoms with Gasteiger partial charge in [-0.1, -0.05) is 6.07 Å². The summed E-state index contributed by atoms with van der Waals surface area (Å²) in [5.74, 6) is 1.01. The van der Waals surface area contributed by atoms with Gasteiger partial charge in [-0.25, -0.2) is 0 Å². The summed E-state index contributed by atoms with van der Waals surface area (Å²) in [5.41, 5.74) is 8.07. The van der Waals surface area contributed by atoms with E-state index in [0.717, 1.165) is 38.2 Å². The maximum atomic E-state index is 5.75. The van der Waals surface area contributed by atoms with Crippen molar-refractivity contribution in [1.29, 1.82) is 0 Å². The van der Waals surface area contributed by atoms with E-state index in [1.165, 1.54) is 11.3 Å². The summed E-state index contributed by atoms with van der Waals surface area (Å²) >= 11 is 0. The Morgan fingerprint density at radius 1 is 1.17 bits per heavy atom. The molecule has 2 N–H and O–H groups in total. The first-order chi connectivity index (χ1) is 8.76. The number of hydrogen-bond acceptors (Lipinski definition) is 3. The minimum atomic E-state index is 0.706. The topological polar surface area (TPSA) is 38.5 Å².